The number of aryl methyl sites for hydroxylation is 3. The van der Waals surface area contributed by atoms with Crippen molar-refractivity contribution >= 4 is 11.5 Å². The average molecular weight is 346 g/mol. The molecule has 0 spiro atoms. The summed E-state index contributed by atoms with van der Waals surface area (Å²) in [6.45, 7) is 6.81. The Morgan fingerprint density at radius 3 is 2.62 bits per heavy atom. The largest absolute Gasteiger partial charge is 0.361 e. The van der Waals surface area contributed by atoms with Crippen LogP contribution in [0.2, 0.25) is 0 Å². The van der Waals surface area contributed by atoms with E-state index in [1.54, 1.807) is 6.20 Å². The Bertz CT molecular complexity index is 1020. The van der Waals surface area contributed by atoms with Gasteiger partial charge in [-0.15, -0.1) is 0 Å². The maximum absolute atomic E-state index is 4.67. The van der Waals surface area contributed by atoms with Gasteiger partial charge in [-0.2, -0.15) is 14.7 Å². The molecule has 4 rings (SSSR count). The lowest BCUT2D eigenvalue weighted by Gasteiger charge is -2.21. The van der Waals surface area contributed by atoms with Gasteiger partial charge >= 0.3 is 0 Å². The summed E-state index contributed by atoms with van der Waals surface area (Å²) in [6.07, 6.45) is 3.78. The smallest absolute Gasteiger partial charge is 0.160 e. The number of nitrogens with one attached hydrogen (secondary N) is 1. The Balaban J connectivity index is 1.76. The van der Waals surface area contributed by atoms with Gasteiger partial charge in [0.15, 0.2) is 5.65 Å². The molecule has 0 aliphatic rings. The van der Waals surface area contributed by atoms with Gasteiger partial charge in [-0.1, -0.05) is 30.3 Å². The third-order valence-corrected chi connectivity index (χ3v) is 4.64. The van der Waals surface area contributed by atoms with Crippen LogP contribution in [0.3, 0.4) is 0 Å². The van der Waals surface area contributed by atoms with Crippen LogP contribution in [-0.4, -0.2) is 24.4 Å². The molecule has 1 aromatic carbocycles. The highest BCUT2D eigenvalue weighted by Gasteiger charge is 2.17. The van der Waals surface area contributed by atoms with E-state index >= 15 is 0 Å². The molecule has 0 aliphatic heterocycles. The predicted octanol–water partition coefficient (Wildman–Crippen LogP) is 3.70. The minimum absolute atomic E-state index is 0.0610. The second-order valence-corrected chi connectivity index (χ2v) is 6.56. The van der Waals surface area contributed by atoms with Crippen LogP contribution in [0, 0.1) is 20.8 Å². The number of fused-ring (bicyclic) bond motifs is 1. The Labute approximate surface area is 152 Å². The summed E-state index contributed by atoms with van der Waals surface area (Å²) < 4.78 is 3.84. The lowest BCUT2D eigenvalue weighted by atomic mass is 10.1. The molecule has 132 valence electrons. The molecule has 26 heavy (non-hydrogen) atoms. The lowest BCUT2D eigenvalue weighted by molar-refractivity contribution is 0.548. The van der Waals surface area contributed by atoms with Gasteiger partial charge in [0.1, 0.15) is 5.82 Å². The van der Waals surface area contributed by atoms with Crippen LogP contribution < -0.4 is 5.32 Å². The van der Waals surface area contributed by atoms with Crippen LogP contribution >= 0.6 is 0 Å². The van der Waals surface area contributed by atoms with Crippen LogP contribution in [0.1, 0.15) is 28.6 Å². The van der Waals surface area contributed by atoms with E-state index in [0.29, 0.717) is 0 Å². The molecule has 6 heteroatoms. The van der Waals surface area contributed by atoms with Crippen molar-refractivity contribution in [2.45, 2.75) is 33.4 Å². The number of aromatic nitrogens is 5. The number of hydrogen-bond donors (Lipinski definition) is 1. The molecule has 0 amide bonds. The molecule has 0 saturated heterocycles. The molecule has 3 heterocycles. The molecule has 0 radical (unpaired) electrons. The highest BCUT2D eigenvalue weighted by atomic mass is 15.3. The van der Waals surface area contributed by atoms with E-state index in [4.69, 9.17) is 0 Å². The van der Waals surface area contributed by atoms with Crippen molar-refractivity contribution in [3.63, 3.8) is 0 Å². The van der Waals surface area contributed by atoms with Gasteiger partial charge in [0.25, 0.3) is 0 Å². The van der Waals surface area contributed by atoms with E-state index in [1.807, 2.05) is 47.4 Å². The molecule has 1 N–H and O–H groups in total. The van der Waals surface area contributed by atoms with Crippen molar-refractivity contribution in [2.24, 2.45) is 0 Å². The van der Waals surface area contributed by atoms with Gasteiger partial charge in [0.2, 0.25) is 0 Å². The first-order valence-corrected chi connectivity index (χ1v) is 8.74. The fourth-order valence-electron chi connectivity index (χ4n) is 3.15. The quantitative estimate of drug-likeness (QED) is 0.598. The van der Waals surface area contributed by atoms with Gasteiger partial charge in [0.05, 0.1) is 18.3 Å². The molecule has 6 nitrogen and oxygen atoms in total. The Kier molecular flexibility index (Phi) is 4.16. The number of rotatable bonds is 5. The second kappa shape index (κ2) is 6.63. The van der Waals surface area contributed by atoms with Crippen molar-refractivity contribution in [3.05, 3.63) is 77.4 Å². The summed E-state index contributed by atoms with van der Waals surface area (Å²) in [5.41, 5.74) is 5.17. The van der Waals surface area contributed by atoms with E-state index in [9.17, 15) is 0 Å². The van der Waals surface area contributed by atoms with E-state index in [0.717, 1.165) is 35.0 Å². The molecule has 1 atom stereocenters. The zero-order valence-electron chi connectivity index (χ0n) is 15.2. The summed E-state index contributed by atoms with van der Waals surface area (Å²) in [4.78, 5) is 4.66. The standard InChI is InChI=1S/C20H22N6/c1-14-12-19(26-20(22-14)15(2)16(3)24-26)23-18(13-25-11-7-10-21-25)17-8-5-4-6-9-17/h4-12,18,23H,13H2,1-3H3. The predicted molar refractivity (Wildman–Crippen MR) is 102 cm³/mol. The highest BCUT2D eigenvalue weighted by molar-refractivity contribution is 5.56. The second-order valence-electron chi connectivity index (χ2n) is 6.56. The molecule has 4 aromatic rings. The zero-order chi connectivity index (χ0) is 18.1. The van der Waals surface area contributed by atoms with E-state index in [1.165, 1.54) is 5.56 Å². The Morgan fingerprint density at radius 2 is 1.88 bits per heavy atom. The van der Waals surface area contributed by atoms with Gasteiger partial charge < -0.3 is 5.32 Å². The topological polar surface area (TPSA) is 60.0 Å². The normalized spacial score (nSPS) is 12.4. The highest BCUT2D eigenvalue weighted by Crippen LogP contribution is 2.24. The Morgan fingerprint density at radius 1 is 1.08 bits per heavy atom. The molecule has 1 unspecified atom stereocenters. The SMILES string of the molecule is Cc1cc(NC(Cn2cccn2)c2ccccc2)n2nc(C)c(C)c2n1. The van der Waals surface area contributed by atoms with Crippen LogP contribution in [-0.2, 0) is 6.54 Å². The number of nitrogens with zero attached hydrogens (tertiary/aromatic N) is 5. The third-order valence-electron chi connectivity index (χ3n) is 4.64. The average Bonchev–Trinajstić information content (AvgIpc) is 3.25. The van der Waals surface area contributed by atoms with Crippen LogP contribution in [0.5, 0.6) is 0 Å². The molecule has 0 saturated carbocycles. The first kappa shape index (κ1) is 16.3. The molecule has 3 aromatic heterocycles. The van der Waals surface area contributed by atoms with Gasteiger partial charge in [-0.3, -0.25) is 4.68 Å². The maximum atomic E-state index is 4.67. The van der Waals surface area contributed by atoms with Crippen molar-refractivity contribution in [1.82, 2.24) is 24.4 Å². The van der Waals surface area contributed by atoms with E-state index in [2.05, 4.69) is 51.7 Å². The fourth-order valence-corrected chi connectivity index (χ4v) is 3.15. The van der Waals surface area contributed by atoms with E-state index < -0.39 is 0 Å². The summed E-state index contributed by atoms with van der Waals surface area (Å²) in [5, 5.41) is 12.7. The monoisotopic (exact) mass is 346 g/mol. The number of anilines is 1. The van der Waals surface area contributed by atoms with Crippen LogP contribution in [0.15, 0.2) is 54.9 Å². The maximum Gasteiger partial charge on any atom is 0.160 e. The van der Waals surface area contributed by atoms with Crippen LogP contribution in [0.25, 0.3) is 5.65 Å². The molecular weight excluding hydrogens is 324 g/mol. The van der Waals surface area contributed by atoms with Crippen molar-refractivity contribution in [1.29, 1.82) is 0 Å². The van der Waals surface area contributed by atoms with Crippen molar-refractivity contribution in [2.75, 3.05) is 5.32 Å². The van der Waals surface area contributed by atoms with Crippen molar-refractivity contribution in [3.8, 4) is 0 Å². The molecule has 0 fully saturated rings. The molecule has 0 aliphatic carbocycles. The summed E-state index contributed by atoms with van der Waals surface area (Å²) >= 11 is 0. The van der Waals surface area contributed by atoms with Gasteiger partial charge in [0, 0.05) is 29.7 Å². The van der Waals surface area contributed by atoms with Gasteiger partial charge in [-0.25, -0.2) is 4.98 Å². The minimum Gasteiger partial charge on any atom is -0.361 e. The minimum atomic E-state index is 0.0610. The van der Waals surface area contributed by atoms with Crippen LogP contribution in [0.4, 0.5) is 5.82 Å². The first-order valence-electron chi connectivity index (χ1n) is 8.74. The number of benzene rings is 1. The number of hydrogen-bond acceptors (Lipinski definition) is 4. The molecular formula is C20H22N6. The lowest BCUT2D eigenvalue weighted by Crippen LogP contribution is -2.20. The third kappa shape index (κ3) is 3.06. The fraction of sp³-hybridized carbons (Fsp3) is 0.250. The summed E-state index contributed by atoms with van der Waals surface area (Å²) in [7, 11) is 0. The van der Waals surface area contributed by atoms with Gasteiger partial charge in [-0.05, 0) is 32.4 Å². The van der Waals surface area contributed by atoms with Crippen molar-refractivity contribution < 1.29 is 0 Å². The molecule has 0 bridgehead atoms. The Hall–Kier alpha value is -3.15. The zero-order valence-corrected chi connectivity index (χ0v) is 15.2. The summed E-state index contributed by atoms with van der Waals surface area (Å²) in [5.74, 6) is 0.935. The van der Waals surface area contributed by atoms with E-state index in [-0.39, 0.29) is 6.04 Å². The summed E-state index contributed by atoms with van der Waals surface area (Å²) in [6, 6.07) is 14.5. The first-order chi connectivity index (χ1) is 12.6.